The normalized spacial score (nSPS) is 16.3. The van der Waals surface area contributed by atoms with Gasteiger partial charge in [0.25, 0.3) is 0 Å². The van der Waals surface area contributed by atoms with Gasteiger partial charge in [0.05, 0.1) is 12.6 Å². The van der Waals surface area contributed by atoms with E-state index in [0.717, 1.165) is 54.7 Å². The zero-order valence-electron chi connectivity index (χ0n) is 13.9. The number of hydrogen-bond acceptors (Lipinski definition) is 2. The highest BCUT2D eigenvalue weighted by atomic mass is 16.5. The van der Waals surface area contributed by atoms with Crippen molar-refractivity contribution >= 4 is 6.09 Å². The van der Waals surface area contributed by atoms with E-state index in [1.807, 2.05) is 12.1 Å². The van der Waals surface area contributed by atoms with Crippen LogP contribution in [0.3, 0.4) is 0 Å². The summed E-state index contributed by atoms with van der Waals surface area (Å²) in [7, 11) is 0. The summed E-state index contributed by atoms with van der Waals surface area (Å²) in [5, 5.41) is 11.7. The minimum Gasteiger partial charge on any atom is -0.494 e. The summed E-state index contributed by atoms with van der Waals surface area (Å²) in [5.74, 6) is 0.879. The molecule has 0 heterocycles. The zero-order chi connectivity index (χ0) is 16.9. The lowest BCUT2D eigenvalue weighted by Crippen LogP contribution is -2.29. The molecule has 3 rings (SSSR count). The van der Waals surface area contributed by atoms with Gasteiger partial charge in [-0.3, -0.25) is 0 Å². The van der Waals surface area contributed by atoms with Crippen LogP contribution in [0.15, 0.2) is 42.5 Å². The van der Waals surface area contributed by atoms with Crippen LogP contribution in [0.5, 0.6) is 5.75 Å². The summed E-state index contributed by atoms with van der Waals surface area (Å²) in [5.41, 5.74) is 4.57. The van der Waals surface area contributed by atoms with Gasteiger partial charge in [-0.1, -0.05) is 31.2 Å². The molecule has 24 heavy (non-hydrogen) atoms. The van der Waals surface area contributed by atoms with E-state index in [1.165, 1.54) is 5.56 Å². The molecule has 1 atom stereocenters. The third-order valence-corrected chi connectivity index (χ3v) is 4.42. The van der Waals surface area contributed by atoms with Gasteiger partial charge >= 0.3 is 6.09 Å². The standard InChI is InChI=1S/C20H23NO3/c1-2-12-24-17-10-8-14(9-11-17)16-7-6-15-4-3-5-19(18(15)13-16)21-20(22)23/h6-11,13,19,21H,2-5,12H2,1H3,(H,22,23). The Morgan fingerprint density at radius 1 is 1.21 bits per heavy atom. The Kier molecular flexibility index (Phi) is 5.04. The smallest absolute Gasteiger partial charge is 0.405 e. The molecule has 1 amide bonds. The fourth-order valence-electron chi connectivity index (χ4n) is 3.24. The summed E-state index contributed by atoms with van der Waals surface area (Å²) in [6, 6.07) is 14.3. The van der Waals surface area contributed by atoms with Gasteiger partial charge in [-0.05, 0) is 66.1 Å². The number of amides is 1. The van der Waals surface area contributed by atoms with Gasteiger partial charge in [0.15, 0.2) is 0 Å². The van der Waals surface area contributed by atoms with Crippen LogP contribution >= 0.6 is 0 Å². The van der Waals surface area contributed by atoms with E-state index in [0.29, 0.717) is 0 Å². The molecular formula is C20H23NO3. The van der Waals surface area contributed by atoms with Gasteiger partial charge in [-0.25, -0.2) is 4.79 Å². The predicted octanol–water partition coefficient (Wildman–Crippen LogP) is 4.79. The topological polar surface area (TPSA) is 58.6 Å². The summed E-state index contributed by atoms with van der Waals surface area (Å²) in [4.78, 5) is 11.0. The Labute approximate surface area is 142 Å². The second kappa shape index (κ2) is 7.39. The van der Waals surface area contributed by atoms with E-state index < -0.39 is 6.09 Å². The largest absolute Gasteiger partial charge is 0.494 e. The molecule has 0 saturated heterocycles. The number of benzene rings is 2. The first-order chi connectivity index (χ1) is 11.7. The lowest BCUT2D eigenvalue weighted by Gasteiger charge is -2.26. The van der Waals surface area contributed by atoms with E-state index in [-0.39, 0.29) is 6.04 Å². The highest BCUT2D eigenvalue weighted by Crippen LogP contribution is 2.33. The quantitative estimate of drug-likeness (QED) is 0.831. The molecule has 0 aliphatic heterocycles. The lowest BCUT2D eigenvalue weighted by atomic mass is 9.85. The molecule has 0 spiro atoms. The molecule has 4 nitrogen and oxygen atoms in total. The molecule has 2 N–H and O–H groups in total. The van der Waals surface area contributed by atoms with Gasteiger partial charge < -0.3 is 15.2 Å². The van der Waals surface area contributed by atoms with Gasteiger partial charge in [0.2, 0.25) is 0 Å². The van der Waals surface area contributed by atoms with E-state index in [4.69, 9.17) is 9.84 Å². The molecular weight excluding hydrogens is 302 g/mol. The molecule has 1 aliphatic carbocycles. The molecule has 2 aromatic rings. The van der Waals surface area contributed by atoms with Crippen LogP contribution in [0.4, 0.5) is 4.79 Å². The van der Waals surface area contributed by atoms with E-state index in [9.17, 15) is 4.79 Å². The van der Waals surface area contributed by atoms with Crippen LogP contribution in [0.1, 0.15) is 43.4 Å². The maximum Gasteiger partial charge on any atom is 0.405 e. The summed E-state index contributed by atoms with van der Waals surface area (Å²) < 4.78 is 5.62. The van der Waals surface area contributed by atoms with Crippen LogP contribution in [0.25, 0.3) is 11.1 Å². The molecule has 2 aromatic carbocycles. The fraction of sp³-hybridized carbons (Fsp3) is 0.350. The van der Waals surface area contributed by atoms with E-state index in [1.54, 1.807) is 0 Å². The molecule has 4 heteroatoms. The first kappa shape index (κ1) is 16.4. The predicted molar refractivity (Wildman–Crippen MR) is 94.5 cm³/mol. The minimum absolute atomic E-state index is 0.113. The van der Waals surface area contributed by atoms with Crippen molar-refractivity contribution in [2.75, 3.05) is 6.61 Å². The average molecular weight is 325 g/mol. The maximum atomic E-state index is 11.0. The Morgan fingerprint density at radius 2 is 1.96 bits per heavy atom. The second-order valence-electron chi connectivity index (χ2n) is 6.18. The van der Waals surface area contributed by atoms with Crippen LogP contribution in [0.2, 0.25) is 0 Å². The van der Waals surface area contributed by atoms with Crippen molar-refractivity contribution in [2.24, 2.45) is 0 Å². The zero-order valence-corrected chi connectivity index (χ0v) is 13.9. The summed E-state index contributed by atoms with van der Waals surface area (Å²) in [6.07, 6.45) is 2.91. The number of aryl methyl sites for hydroxylation is 1. The van der Waals surface area contributed by atoms with Crippen molar-refractivity contribution < 1.29 is 14.6 Å². The number of fused-ring (bicyclic) bond motifs is 1. The molecule has 0 aromatic heterocycles. The van der Waals surface area contributed by atoms with Crippen LogP contribution in [-0.2, 0) is 6.42 Å². The molecule has 1 unspecified atom stereocenters. The number of hydrogen-bond donors (Lipinski definition) is 2. The molecule has 0 fully saturated rings. The van der Waals surface area contributed by atoms with Crippen molar-refractivity contribution in [3.8, 4) is 16.9 Å². The van der Waals surface area contributed by atoms with Crippen LogP contribution in [-0.4, -0.2) is 17.8 Å². The van der Waals surface area contributed by atoms with Crippen LogP contribution in [0, 0.1) is 0 Å². The highest BCUT2D eigenvalue weighted by Gasteiger charge is 2.22. The van der Waals surface area contributed by atoms with Gasteiger partial charge in [-0.2, -0.15) is 0 Å². The summed E-state index contributed by atoms with van der Waals surface area (Å²) in [6.45, 7) is 2.81. The second-order valence-corrected chi connectivity index (χ2v) is 6.18. The first-order valence-electron chi connectivity index (χ1n) is 8.53. The van der Waals surface area contributed by atoms with Crippen molar-refractivity contribution in [1.29, 1.82) is 0 Å². The SMILES string of the molecule is CCCOc1ccc(-c2ccc3c(c2)C(NC(=O)O)CCC3)cc1. The monoisotopic (exact) mass is 325 g/mol. The van der Waals surface area contributed by atoms with Crippen molar-refractivity contribution in [3.63, 3.8) is 0 Å². The average Bonchev–Trinajstić information content (AvgIpc) is 2.60. The third-order valence-electron chi connectivity index (χ3n) is 4.42. The molecule has 1 aliphatic rings. The Hall–Kier alpha value is -2.49. The summed E-state index contributed by atoms with van der Waals surface area (Å²) >= 11 is 0. The molecule has 0 saturated carbocycles. The highest BCUT2D eigenvalue weighted by molar-refractivity contribution is 5.68. The van der Waals surface area contributed by atoms with Gasteiger partial charge in [0, 0.05) is 0 Å². The molecule has 126 valence electrons. The number of nitrogens with one attached hydrogen (secondary N) is 1. The number of carbonyl (C=O) groups is 1. The lowest BCUT2D eigenvalue weighted by molar-refractivity contribution is 0.188. The van der Waals surface area contributed by atoms with Crippen LogP contribution < -0.4 is 10.1 Å². The van der Waals surface area contributed by atoms with Crippen molar-refractivity contribution in [3.05, 3.63) is 53.6 Å². The van der Waals surface area contributed by atoms with Crippen molar-refractivity contribution in [1.82, 2.24) is 5.32 Å². The van der Waals surface area contributed by atoms with Crippen molar-refractivity contribution in [2.45, 2.75) is 38.6 Å². The van der Waals surface area contributed by atoms with E-state index in [2.05, 4.69) is 42.6 Å². The fourth-order valence-corrected chi connectivity index (χ4v) is 3.24. The third kappa shape index (κ3) is 3.70. The molecule has 0 radical (unpaired) electrons. The molecule has 0 bridgehead atoms. The first-order valence-corrected chi connectivity index (χ1v) is 8.53. The van der Waals surface area contributed by atoms with Gasteiger partial charge in [0.1, 0.15) is 5.75 Å². The number of ether oxygens (including phenoxy) is 1. The Morgan fingerprint density at radius 3 is 2.67 bits per heavy atom. The Balaban J connectivity index is 1.85. The Bertz CT molecular complexity index is 709. The maximum absolute atomic E-state index is 11.0. The minimum atomic E-state index is -0.962. The number of carboxylic acid groups (broad SMARTS) is 1. The number of rotatable bonds is 5. The van der Waals surface area contributed by atoms with E-state index >= 15 is 0 Å². The van der Waals surface area contributed by atoms with Gasteiger partial charge in [-0.15, -0.1) is 0 Å².